The maximum atomic E-state index is 12.8. The van der Waals surface area contributed by atoms with Crippen LogP contribution in [0.15, 0.2) is 24.3 Å². The van der Waals surface area contributed by atoms with E-state index < -0.39 is 15.4 Å². The van der Waals surface area contributed by atoms with Gasteiger partial charge in [-0.1, -0.05) is 13.0 Å². The molecule has 148 valence electrons. The Morgan fingerprint density at radius 3 is 2.54 bits per heavy atom. The number of hydrogen-bond donors (Lipinski definition) is 3. The molecule has 2 rings (SSSR count). The summed E-state index contributed by atoms with van der Waals surface area (Å²) in [7, 11) is -1.76. The molecule has 0 atom stereocenters. The molecule has 1 aromatic rings. The molecule has 9 heteroatoms. The number of rotatable bonds is 8. The first kappa shape index (κ1) is 22.7. The Labute approximate surface area is 161 Å². The van der Waals surface area contributed by atoms with Crippen LogP contribution >= 0.6 is 12.4 Å². The minimum absolute atomic E-state index is 0. The van der Waals surface area contributed by atoms with Gasteiger partial charge in [-0.2, -0.15) is 0 Å². The molecular weight excluding hydrogens is 378 g/mol. The molecule has 0 aliphatic carbocycles. The van der Waals surface area contributed by atoms with Crippen LogP contribution in [0.2, 0.25) is 0 Å². The highest BCUT2D eigenvalue weighted by Crippen LogP contribution is 2.31. The van der Waals surface area contributed by atoms with E-state index in [9.17, 15) is 13.2 Å². The number of anilines is 2. The van der Waals surface area contributed by atoms with E-state index in [0.29, 0.717) is 37.2 Å². The van der Waals surface area contributed by atoms with Gasteiger partial charge in [-0.25, -0.2) is 8.42 Å². The summed E-state index contributed by atoms with van der Waals surface area (Å²) < 4.78 is 31.6. The van der Waals surface area contributed by atoms with Crippen molar-refractivity contribution in [2.24, 2.45) is 5.41 Å². The lowest BCUT2D eigenvalue weighted by atomic mass is 9.78. The molecule has 0 aromatic heterocycles. The molecular formula is C17H28ClN3O4S. The van der Waals surface area contributed by atoms with Crippen molar-refractivity contribution in [1.29, 1.82) is 0 Å². The summed E-state index contributed by atoms with van der Waals surface area (Å²) in [5.74, 6) is -0.0301. The molecule has 0 radical (unpaired) electrons. The predicted octanol–water partition coefficient (Wildman–Crippen LogP) is 2.21. The molecule has 1 aromatic carbocycles. The third-order valence-electron chi connectivity index (χ3n) is 4.33. The Morgan fingerprint density at radius 2 is 1.92 bits per heavy atom. The van der Waals surface area contributed by atoms with Crippen LogP contribution in [-0.4, -0.2) is 46.9 Å². The molecule has 0 unspecified atom stereocenters. The maximum absolute atomic E-state index is 12.8. The Bertz CT molecular complexity index is 685. The summed E-state index contributed by atoms with van der Waals surface area (Å²) in [6.07, 6.45) is 1.95. The number of sulfonamides is 1. The number of methoxy groups -OCH3 is 1. The molecule has 26 heavy (non-hydrogen) atoms. The monoisotopic (exact) mass is 405 g/mol. The topological polar surface area (TPSA) is 96.5 Å². The van der Waals surface area contributed by atoms with Crippen molar-refractivity contribution in [2.75, 3.05) is 42.6 Å². The first-order chi connectivity index (χ1) is 11.9. The summed E-state index contributed by atoms with van der Waals surface area (Å²) in [5.41, 5.74) is 0.450. The largest absolute Gasteiger partial charge is 0.384 e. The highest BCUT2D eigenvalue weighted by Gasteiger charge is 2.39. The number of benzene rings is 1. The molecule has 1 aliphatic rings. The van der Waals surface area contributed by atoms with E-state index in [-0.39, 0.29) is 24.1 Å². The number of ether oxygens (including phenoxy) is 1. The summed E-state index contributed by atoms with van der Waals surface area (Å²) in [4.78, 5) is 12.8. The van der Waals surface area contributed by atoms with E-state index in [1.54, 1.807) is 31.4 Å². The van der Waals surface area contributed by atoms with Crippen LogP contribution in [0.3, 0.4) is 0 Å². The predicted molar refractivity (Wildman–Crippen MR) is 106 cm³/mol. The molecule has 1 amide bonds. The smallest absolute Gasteiger partial charge is 0.233 e. The highest BCUT2D eigenvalue weighted by molar-refractivity contribution is 7.92. The maximum Gasteiger partial charge on any atom is 0.233 e. The van der Waals surface area contributed by atoms with E-state index in [4.69, 9.17) is 4.74 Å². The number of amides is 1. The van der Waals surface area contributed by atoms with Gasteiger partial charge in [0.05, 0.1) is 23.5 Å². The Kier molecular flexibility index (Phi) is 8.82. The van der Waals surface area contributed by atoms with E-state index >= 15 is 0 Å². The number of nitrogens with one attached hydrogen (secondary N) is 3. The summed E-state index contributed by atoms with van der Waals surface area (Å²) in [5, 5.41) is 6.17. The average Bonchev–Trinajstić information content (AvgIpc) is 2.55. The average molecular weight is 406 g/mol. The van der Waals surface area contributed by atoms with Crippen molar-refractivity contribution in [3.05, 3.63) is 24.3 Å². The number of piperidine rings is 1. The summed E-state index contributed by atoms with van der Waals surface area (Å²) >= 11 is 0. The van der Waals surface area contributed by atoms with Crippen LogP contribution in [-0.2, 0) is 19.6 Å². The van der Waals surface area contributed by atoms with Gasteiger partial charge < -0.3 is 15.4 Å². The molecule has 0 spiro atoms. The van der Waals surface area contributed by atoms with Crippen LogP contribution in [0.25, 0.3) is 0 Å². The molecule has 0 saturated carbocycles. The van der Waals surface area contributed by atoms with Gasteiger partial charge in [0.1, 0.15) is 0 Å². The third kappa shape index (κ3) is 6.12. The molecule has 0 bridgehead atoms. The number of halogens is 1. The van der Waals surface area contributed by atoms with Crippen LogP contribution < -0.4 is 15.4 Å². The van der Waals surface area contributed by atoms with Gasteiger partial charge in [-0.3, -0.25) is 9.52 Å². The van der Waals surface area contributed by atoms with Crippen LogP contribution in [0.1, 0.15) is 26.2 Å². The fraction of sp³-hybridized carbons (Fsp3) is 0.588. The lowest BCUT2D eigenvalue weighted by molar-refractivity contribution is -0.130. The van der Waals surface area contributed by atoms with Gasteiger partial charge in [0.2, 0.25) is 15.9 Å². The second-order valence-electron chi connectivity index (χ2n) is 6.42. The van der Waals surface area contributed by atoms with Crippen molar-refractivity contribution in [3.8, 4) is 0 Å². The lowest BCUT2D eigenvalue weighted by Gasteiger charge is -2.35. The Morgan fingerprint density at radius 1 is 1.27 bits per heavy atom. The molecule has 1 heterocycles. The second-order valence-corrected chi connectivity index (χ2v) is 8.26. The van der Waals surface area contributed by atoms with E-state index in [2.05, 4.69) is 15.4 Å². The highest BCUT2D eigenvalue weighted by atomic mass is 35.5. The van der Waals surface area contributed by atoms with E-state index in [0.717, 1.165) is 13.1 Å². The van der Waals surface area contributed by atoms with Crippen molar-refractivity contribution < 1.29 is 17.9 Å². The normalized spacial score (nSPS) is 16.4. The van der Waals surface area contributed by atoms with Gasteiger partial charge in [0, 0.05) is 12.8 Å². The van der Waals surface area contributed by atoms with E-state index in [1.807, 2.05) is 6.92 Å². The van der Waals surface area contributed by atoms with Crippen molar-refractivity contribution in [1.82, 2.24) is 5.32 Å². The summed E-state index contributed by atoms with van der Waals surface area (Å²) in [6, 6.07) is 6.76. The second kappa shape index (κ2) is 10.1. The van der Waals surface area contributed by atoms with Gasteiger partial charge in [-0.15, -0.1) is 12.4 Å². The summed E-state index contributed by atoms with van der Waals surface area (Å²) in [6.45, 7) is 3.72. The minimum atomic E-state index is -3.36. The number of hydrogen-bond acceptors (Lipinski definition) is 5. The molecule has 1 fully saturated rings. The molecule has 3 N–H and O–H groups in total. The van der Waals surface area contributed by atoms with Crippen molar-refractivity contribution in [2.45, 2.75) is 26.2 Å². The zero-order valence-corrected chi connectivity index (χ0v) is 16.8. The fourth-order valence-corrected chi connectivity index (χ4v) is 4.17. The van der Waals surface area contributed by atoms with Gasteiger partial charge in [-0.05, 0) is 50.6 Å². The quantitative estimate of drug-likeness (QED) is 0.616. The van der Waals surface area contributed by atoms with Crippen LogP contribution in [0, 0.1) is 5.41 Å². The van der Waals surface area contributed by atoms with E-state index in [1.165, 1.54) is 0 Å². The number of carbonyl (C=O) groups excluding carboxylic acids is 1. The Balaban J connectivity index is 0.00000338. The SMILES string of the molecule is CCCS(=O)(=O)Nc1cccc(NC(=O)C2(COC)CCNCC2)c1.Cl. The zero-order valence-electron chi connectivity index (χ0n) is 15.2. The first-order valence-electron chi connectivity index (χ1n) is 8.52. The molecule has 1 saturated heterocycles. The van der Waals surface area contributed by atoms with Crippen molar-refractivity contribution in [3.63, 3.8) is 0 Å². The van der Waals surface area contributed by atoms with Gasteiger partial charge >= 0.3 is 0 Å². The molecule has 1 aliphatic heterocycles. The fourth-order valence-electron chi connectivity index (χ4n) is 3.04. The lowest BCUT2D eigenvalue weighted by Crippen LogP contribution is -2.47. The van der Waals surface area contributed by atoms with Gasteiger partial charge in [0.15, 0.2) is 0 Å². The standard InChI is InChI=1S/C17H27N3O4S.ClH/c1-3-11-25(22,23)20-15-6-4-5-14(12-15)19-16(21)17(13-24-2)7-9-18-10-8-17;/h4-6,12,18,20H,3,7-11,13H2,1-2H3,(H,19,21);1H. The Hall–Kier alpha value is -1.35. The molecule has 7 nitrogen and oxygen atoms in total. The van der Waals surface area contributed by atoms with Crippen molar-refractivity contribution >= 4 is 39.7 Å². The number of carbonyl (C=O) groups is 1. The van der Waals surface area contributed by atoms with Crippen LogP contribution in [0.4, 0.5) is 11.4 Å². The van der Waals surface area contributed by atoms with Gasteiger partial charge in [0.25, 0.3) is 0 Å². The third-order valence-corrected chi connectivity index (χ3v) is 5.82. The van der Waals surface area contributed by atoms with Crippen LogP contribution in [0.5, 0.6) is 0 Å². The zero-order chi connectivity index (χ0) is 18.3. The first-order valence-corrected chi connectivity index (χ1v) is 10.2. The minimum Gasteiger partial charge on any atom is -0.384 e.